The van der Waals surface area contributed by atoms with Crippen LogP contribution in [-0.2, 0) is 6.54 Å². The lowest BCUT2D eigenvalue weighted by Crippen LogP contribution is -2.46. The molecule has 1 fully saturated rings. The summed E-state index contributed by atoms with van der Waals surface area (Å²) < 4.78 is 6.53. The van der Waals surface area contributed by atoms with Crippen LogP contribution < -0.4 is 4.74 Å². The minimum Gasteiger partial charge on any atom is -0.496 e. The van der Waals surface area contributed by atoms with Gasteiger partial charge in [-0.05, 0) is 36.6 Å². The number of halogens is 2. The lowest BCUT2D eigenvalue weighted by Gasteiger charge is -2.41. The smallest absolute Gasteiger partial charge is 0.123 e. The molecule has 0 amide bonds. The number of ether oxygens (including phenoxy) is 1. The predicted molar refractivity (Wildman–Crippen MR) is 84.0 cm³/mol. The van der Waals surface area contributed by atoms with E-state index in [-0.39, 0.29) is 10.8 Å². The Balaban J connectivity index is 2.11. The Morgan fingerprint density at radius 2 is 2.21 bits per heavy atom. The molecule has 0 aliphatic carbocycles. The molecule has 1 atom stereocenters. The summed E-state index contributed by atoms with van der Waals surface area (Å²) in [5, 5.41) is 0.271. The van der Waals surface area contributed by atoms with Gasteiger partial charge in [-0.2, -0.15) is 0 Å². The molecule has 19 heavy (non-hydrogen) atoms. The Morgan fingerprint density at radius 3 is 2.84 bits per heavy atom. The van der Waals surface area contributed by atoms with E-state index < -0.39 is 0 Å². The Morgan fingerprint density at radius 1 is 1.47 bits per heavy atom. The number of piperidine rings is 1. The van der Waals surface area contributed by atoms with Gasteiger partial charge in [-0.15, -0.1) is 11.6 Å². The van der Waals surface area contributed by atoms with Crippen LogP contribution in [0, 0.1) is 5.41 Å². The molecule has 1 aliphatic heterocycles. The average molecular weight is 347 g/mol. The molecule has 4 heteroatoms. The summed E-state index contributed by atoms with van der Waals surface area (Å²) in [7, 11) is 1.72. The van der Waals surface area contributed by atoms with Crippen molar-refractivity contribution in [3.63, 3.8) is 0 Å². The van der Waals surface area contributed by atoms with E-state index in [0.717, 1.165) is 36.3 Å². The molecule has 106 valence electrons. The summed E-state index contributed by atoms with van der Waals surface area (Å²) in [6.07, 6.45) is 1.05. The van der Waals surface area contributed by atoms with Crippen LogP contribution >= 0.6 is 27.5 Å². The van der Waals surface area contributed by atoms with Crippen LogP contribution in [-0.4, -0.2) is 30.5 Å². The largest absolute Gasteiger partial charge is 0.496 e. The Bertz CT molecular complexity index is 450. The molecule has 0 N–H and O–H groups in total. The number of rotatable bonds is 3. The lowest BCUT2D eigenvalue weighted by atomic mass is 9.83. The van der Waals surface area contributed by atoms with Crippen LogP contribution in [0.25, 0.3) is 0 Å². The van der Waals surface area contributed by atoms with Crippen LogP contribution in [0.5, 0.6) is 5.75 Å². The van der Waals surface area contributed by atoms with E-state index in [4.69, 9.17) is 16.3 Å². The highest BCUT2D eigenvalue weighted by Gasteiger charge is 2.34. The fourth-order valence-corrected chi connectivity index (χ4v) is 3.26. The number of alkyl halides is 1. The van der Waals surface area contributed by atoms with Gasteiger partial charge in [0.05, 0.1) is 7.11 Å². The van der Waals surface area contributed by atoms with Gasteiger partial charge >= 0.3 is 0 Å². The first-order valence-electron chi connectivity index (χ1n) is 6.61. The molecule has 2 rings (SSSR count). The predicted octanol–water partition coefficient (Wildman–Crippen LogP) is 4.30. The van der Waals surface area contributed by atoms with Crippen LogP contribution in [0.15, 0.2) is 22.7 Å². The molecule has 0 saturated carbocycles. The van der Waals surface area contributed by atoms with Crippen molar-refractivity contribution in [2.75, 3.05) is 20.2 Å². The minimum absolute atomic E-state index is 0.166. The molecular weight excluding hydrogens is 326 g/mol. The molecule has 0 spiro atoms. The summed E-state index contributed by atoms with van der Waals surface area (Å²) >= 11 is 9.93. The second-order valence-corrected chi connectivity index (χ2v) is 7.35. The first kappa shape index (κ1) is 15.1. The average Bonchev–Trinajstić information content (AvgIpc) is 2.34. The van der Waals surface area contributed by atoms with Gasteiger partial charge < -0.3 is 4.74 Å². The Labute approximate surface area is 129 Å². The number of nitrogens with zero attached hydrogens (tertiary/aromatic N) is 1. The van der Waals surface area contributed by atoms with Crippen molar-refractivity contribution in [1.29, 1.82) is 0 Å². The van der Waals surface area contributed by atoms with E-state index in [1.165, 1.54) is 5.56 Å². The topological polar surface area (TPSA) is 12.5 Å². The fourth-order valence-electron chi connectivity index (χ4n) is 2.69. The van der Waals surface area contributed by atoms with Gasteiger partial charge in [0, 0.05) is 28.5 Å². The summed E-state index contributed by atoms with van der Waals surface area (Å²) in [4.78, 5) is 2.46. The molecule has 2 nitrogen and oxygen atoms in total. The zero-order valence-corrected chi connectivity index (χ0v) is 14.1. The fraction of sp³-hybridized carbons (Fsp3) is 0.600. The maximum Gasteiger partial charge on any atom is 0.123 e. The summed E-state index contributed by atoms with van der Waals surface area (Å²) in [5.74, 6) is 0.953. The third-order valence-corrected chi connectivity index (χ3v) is 5.12. The molecule has 0 aromatic heterocycles. The van der Waals surface area contributed by atoms with Gasteiger partial charge in [0.25, 0.3) is 0 Å². The van der Waals surface area contributed by atoms with E-state index in [1.54, 1.807) is 7.11 Å². The monoisotopic (exact) mass is 345 g/mol. The first-order chi connectivity index (χ1) is 8.92. The number of hydrogen-bond acceptors (Lipinski definition) is 2. The van der Waals surface area contributed by atoms with Gasteiger partial charge in [0.15, 0.2) is 0 Å². The van der Waals surface area contributed by atoms with Crippen LogP contribution in [0.4, 0.5) is 0 Å². The Hall–Kier alpha value is -0.250. The standard InChI is InChI=1S/C15H21BrClNO/c1-15(2)10-18(7-6-14(15)17)9-11-8-12(16)4-5-13(11)19-3/h4-5,8,14H,6-7,9-10H2,1-3H3. The van der Waals surface area contributed by atoms with E-state index in [9.17, 15) is 0 Å². The van der Waals surface area contributed by atoms with Crippen molar-refractivity contribution in [2.24, 2.45) is 5.41 Å². The number of likely N-dealkylation sites (tertiary alicyclic amines) is 1. The molecule has 1 unspecified atom stereocenters. The van der Waals surface area contributed by atoms with Gasteiger partial charge in [0.1, 0.15) is 5.75 Å². The molecule has 1 saturated heterocycles. The number of methoxy groups -OCH3 is 1. The van der Waals surface area contributed by atoms with E-state index >= 15 is 0 Å². The highest BCUT2D eigenvalue weighted by molar-refractivity contribution is 9.10. The molecule has 1 aromatic rings. The van der Waals surface area contributed by atoms with Gasteiger partial charge in [-0.3, -0.25) is 4.90 Å². The molecular formula is C15H21BrClNO. The van der Waals surface area contributed by atoms with Crippen LogP contribution in [0.2, 0.25) is 0 Å². The van der Waals surface area contributed by atoms with Crippen molar-refractivity contribution < 1.29 is 4.74 Å². The van der Waals surface area contributed by atoms with Gasteiger partial charge in [-0.25, -0.2) is 0 Å². The molecule has 0 radical (unpaired) electrons. The highest BCUT2D eigenvalue weighted by atomic mass is 79.9. The van der Waals surface area contributed by atoms with Crippen molar-refractivity contribution in [3.05, 3.63) is 28.2 Å². The normalized spacial score (nSPS) is 23.3. The third kappa shape index (κ3) is 3.65. The molecule has 1 aromatic carbocycles. The first-order valence-corrected chi connectivity index (χ1v) is 7.84. The minimum atomic E-state index is 0.166. The number of benzene rings is 1. The molecule has 0 bridgehead atoms. The van der Waals surface area contributed by atoms with E-state index in [1.807, 2.05) is 12.1 Å². The lowest BCUT2D eigenvalue weighted by molar-refractivity contribution is 0.115. The second kappa shape index (κ2) is 6.02. The van der Waals surface area contributed by atoms with Crippen molar-refractivity contribution in [3.8, 4) is 5.75 Å². The zero-order valence-electron chi connectivity index (χ0n) is 11.7. The summed E-state index contributed by atoms with van der Waals surface area (Å²) in [6.45, 7) is 7.48. The highest BCUT2D eigenvalue weighted by Crippen LogP contribution is 2.34. The summed E-state index contributed by atoms with van der Waals surface area (Å²) in [6, 6.07) is 6.16. The quantitative estimate of drug-likeness (QED) is 0.757. The van der Waals surface area contributed by atoms with E-state index in [2.05, 4.69) is 40.7 Å². The molecule has 1 heterocycles. The second-order valence-electron chi connectivity index (χ2n) is 5.91. The van der Waals surface area contributed by atoms with Crippen molar-refractivity contribution in [1.82, 2.24) is 4.90 Å². The SMILES string of the molecule is COc1ccc(Br)cc1CN1CCC(Cl)C(C)(C)C1. The maximum atomic E-state index is 6.40. The molecule has 1 aliphatic rings. The van der Waals surface area contributed by atoms with Crippen LogP contribution in [0.1, 0.15) is 25.8 Å². The summed E-state index contributed by atoms with van der Waals surface area (Å²) in [5.41, 5.74) is 1.39. The zero-order chi connectivity index (χ0) is 14.0. The number of hydrogen-bond donors (Lipinski definition) is 0. The Kier molecular flexibility index (Phi) is 4.80. The van der Waals surface area contributed by atoms with Gasteiger partial charge in [-0.1, -0.05) is 29.8 Å². The van der Waals surface area contributed by atoms with Gasteiger partial charge in [0.2, 0.25) is 0 Å². The van der Waals surface area contributed by atoms with Crippen LogP contribution in [0.3, 0.4) is 0 Å². The third-order valence-electron chi connectivity index (χ3n) is 3.81. The van der Waals surface area contributed by atoms with Crippen molar-refractivity contribution in [2.45, 2.75) is 32.2 Å². The maximum absolute atomic E-state index is 6.40. The van der Waals surface area contributed by atoms with Crippen molar-refractivity contribution >= 4 is 27.5 Å². The van der Waals surface area contributed by atoms with E-state index in [0.29, 0.717) is 0 Å².